The maximum atomic E-state index is 11.5. The molecule has 0 aliphatic heterocycles. The van der Waals surface area contributed by atoms with E-state index in [1.54, 1.807) is 13.2 Å². The Balaban J connectivity index is 3.30. The lowest BCUT2D eigenvalue weighted by atomic mass is 9.81. The van der Waals surface area contributed by atoms with Gasteiger partial charge < -0.3 is 23.4 Å². The van der Waals surface area contributed by atoms with Crippen molar-refractivity contribution in [1.82, 2.24) is 0 Å². The van der Waals surface area contributed by atoms with Crippen LogP contribution < -0.4 is 4.74 Å². The van der Waals surface area contributed by atoms with Gasteiger partial charge in [-0.15, -0.1) is 0 Å². The van der Waals surface area contributed by atoms with Crippen LogP contribution in [0.3, 0.4) is 0 Å². The summed E-state index contributed by atoms with van der Waals surface area (Å²) >= 11 is 0. The molecule has 0 radical (unpaired) electrons. The molecule has 0 spiro atoms. The summed E-state index contributed by atoms with van der Waals surface area (Å²) in [4.78, 5) is 0. The summed E-state index contributed by atoms with van der Waals surface area (Å²) in [6.45, 7) is 41.4. The zero-order valence-corrected chi connectivity index (χ0v) is 36.6. The number of ether oxygens (including phenoxy) is 2. The van der Waals surface area contributed by atoms with E-state index < -0.39 is 22.7 Å². The van der Waals surface area contributed by atoms with Crippen molar-refractivity contribution in [3.63, 3.8) is 0 Å². The first-order valence-corrected chi connectivity index (χ1v) is 24.4. The summed E-state index contributed by atoms with van der Waals surface area (Å²) in [7, 11) is -2.47. The monoisotopic (exact) mass is 717 g/mol. The Kier molecular flexibility index (Phi) is 18.0. The molecule has 7 heteroatoms. The van der Waals surface area contributed by atoms with E-state index in [2.05, 4.69) is 134 Å². The Morgan fingerprint density at radius 1 is 0.816 bits per heavy atom. The molecule has 0 amide bonds. The fraction of sp³-hybridized carbons (Fsp3) is 0.714. The van der Waals surface area contributed by atoms with Gasteiger partial charge in [0.05, 0.1) is 38.6 Å². The van der Waals surface area contributed by atoms with Crippen LogP contribution >= 0.6 is 0 Å². The highest BCUT2D eigenvalue weighted by Gasteiger charge is 2.44. The first kappa shape index (κ1) is 45.5. The SMILES string of the molecule is C=CC=C[C@H](C)[C@H](O)[C@@H](C)[C@H](O[Si](C)(C)C(C)(C)C)[C@@H](C)CC(C)=C[C@H](C)[C@@H](O[Si](C)(C)C(C)(C)C)[C@@H](C)COCc1ccc(OC)cc1. The van der Waals surface area contributed by atoms with Crippen molar-refractivity contribution in [1.29, 1.82) is 0 Å². The molecular weight excluding hydrogens is 641 g/mol. The average Bonchev–Trinajstić information content (AvgIpc) is 2.99. The second-order valence-corrected chi connectivity index (χ2v) is 27.4. The number of rotatable bonds is 20. The molecule has 49 heavy (non-hydrogen) atoms. The lowest BCUT2D eigenvalue weighted by Gasteiger charge is -2.44. The van der Waals surface area contributed by atoms with Crippen molar-refractivity contribution < 1.29 is 23.4 Å². The van der Waals surface area contributed by atoms with E-state index in [1.165, 1.54) is 5.57 Å². The molecule has 1 N–H and O–H groups in total. The molecule has 8 atom stereocenters. The topological polar surface area (TPSA) is 57.2 Å². The summed E-state index contributed by atoms with van der Waals surface area (Å²) < 4.78 is 25.9. The molecule has 1 aromatic rings. The number of aliphatic hydroxyl groups is 1. The second kappa shape index (κ2) is 19.4. The van der Waals surface area contributed by atoms with Gasteiger partial charge in [-0.05, 0) is 79.1 Å². The molecular formula is C42H76O5Si2. The molecule has 0 fully saturated rings. The van der Waals surface area contributed by atoms with Crippen LogP contribution in [0.5, 0.6) is 5.75 Å². The molecule has 0 saturated heterocycles. The minimum atomic E-state index is -2.10. The van der Waals surface area contributed by atoms with E-state index in [9.17, 15) is 5.11 Å². The van der Waals surface area contributed by atoms with Crippen molar-refractivity contribution in [2.45, 2.75) is 151 Å². The van der Waals surface area contributed by atoms with Gasteiger partial charge in [-0.1, -0.05) is 125 Å². The highest BCUT2D eigenvalue weighted by molar-refractivity contribution is 6.74. The van der Waals surface area contributed by atoms with Gasteiger partial charge in [0.25, 0.3) is 0 Å². The van der Waals surface area contributed by atoms with E-state index in [0.717, 1.165) is 17.7 Å². The quantitative estimate of drug-likeness (QED) is 0.0827. The molecule has 0 saturated carbocycles. The first-order chi connectivity index (χ1) is 22.4. The summed E-state index contributed by atoms with van der Waals surface area (Å²) in [6.07, 6.45) is 8.50. The number of hydrogen-bond acceptors (Lipinski definition) is 5. The van der Waals surface area contributed by atoms with Gasteiger partial charge in [-0.2, -0.15) is 0 Å². The molecule has 0 bridgehead atoms. The van der Waals surface area contributed by atoms with Crippen LogP contribution in [0.1, 0.15) is 95.1 Å². The van der Waals surface area contributed by atoms with Crippen LogP contribution in [0.4, 0.5) is 0 Å². The van der Waals surface area contributed by atoms with Gasteiger partial charge in [0.2, 0.25) is 0 Å². The zero-order valence-electron chi connectivity index (χ0n) is 34.6. The van der Waals surface area contributed by atoms with Gasteiger partial charge in [-0.25, -0.2) is 0 Å². The summed E-state index contributed by atoms with van der Waals surface area (Å²) in [5.41, 5.74) is 2.47. The Hall–Kier alpha value is -1.49. The van der Waals surface area contributed by atoms with E-state index in [-0.39, 0.29) is 51.9 Å². The van der Waals surface area contributed by atoms with E-state index >= 15 is 0 Å². The number of hydrogen-bond donors (Lipinski definition) is 1. The maximum Gasteiger partial charge on any atom is 0.192 e. The number of allylic oxidation sites excluding steroid dienone is 3. The molecule has 282 valence electrons. The molecule has 0 unspecified atom stereocenters. The average molecular weight is 717 g/mol. The zero-order chi connectivity index (χ0) is 38.0. The van der Waals surface area contributed by atoms with Crippen LogP contribution in [0.2, 0.25) is 36.3 Å². The van der Waals surface area contributed by atoms with Crippen LogP contribution in [-0.4, -0.2) is 53.8 Å². The van der Waals surface area contributed by atoms with Crippen LogP contribution in [0, 0.1) is 29.6 Å². The van der Waals surface area contributed by atoms with Crippen LogP contribution in [0.25, 0.3) is 0 Å². The van der Waals surface area contributed by atoms with Crippen molar-refractivity contribution in [2.75, 3.05) is 13.7 Å². The minimum Gasteiger partial charge on any atom is -0.497 e. The molecule has 5 nitrogen and oxygen atoms in total. The molecule has 0 heterocycles. The highest BCUT2D eigenvalue weighted by atomic mass is 28.4. The molecule has 1 rings (SSSR count). The minimum absolute atomic E-state index is 0.00375. The van der Waals surface area contributed by atoms with Gasteiger partial charge in [0.15, 0.2) is 16.6 Å². The first-order valence-electron chi connectivity index (χ1n) is 18.6. The number of aliphatic hydroxyl groups excluding tert-OH is 1. The van der Waals surface area contributed by atoms with E-state index in [0.29, 0.717) is 13.2 Å². The van der Waals surface area contributed by atoms with E-state index in [4.69, 9.17) is 18.3 Å². The Morgan fingerprint density at radius 3 is 1.80 bits per heavy atom. The fourth-order valence-corrected chi connectivity index (χ4v) is 8.93. The van der Waals surface area contributed by atoms with Crippen molar-refractivity contribution in [2.24, 2.45) is 29.6 Å². The molecule has 0 aliphatic rings. The lowest BCUT2D eigenvalue weighted by molar-refractivity contribution is -0.0134. The normalized spacial score (nSPS) is 18.8. The predicted octanol–water partition coefficient (Wildman–Crippen LogP) is 11.6. The lowest BCUT2D eigenvalue weighted by Crippen LogP contribution is -2.49. The van der Waals surface area contributed by atoms with Gasteiger partial charge in [0.1, 0.15) is 5.75 Å². The standard InChI is InChI=1S/C42H76O5Si2/c1-19-20-21-31(3)38(43)35(7)40(47-49(17,18)42(11,12)13)33(5)27-30(2)26-32(4)39(46-48(15,16)41(8,9)10)34(6)28-45-29-36-22-24-37(44-14)25-23-36/h19-26,31-35,38-40,43H,1,27-29H2,2-18H3/t31-,32-,33-,34-,35+,38-,39+,40+/m0/s1. The third-order valence-corrected chi connectivity index (χ3v) is 20.2. The second-order valence-electron chi connectivity index (χ2n) is 17.9. The van der Waals surface area contributed by atoms with Gasteiger partial charge in [0, 0.05) is 17.8 Å². The third kappa shape index (κ3) is 14.2. The summed E-state index contributed by atoms with van der Waals surface area (Å²) in [5, 5.41) is 11.7. The van der Waals surface area contributed by atoms with Crippen molar-refractivity contribution in [3.05, 3.63) is 66.3 Å². The third-order valence-electron chi connectivity index (χ3n) is 11.3. The van der Waals surface area contributed by atoms with E-state index in [1.807, 2.05) is 24.3 Å². The van der Waals surface area contributed by atoms with Crippen molar-refractivity contribution >= 4 is 16.6 Å². The fourth-order valence-electron chi connectivity index (χ4n) is 5.97. The maximum absolute atomic E-state index is 11.5. The summed E-state index contributed by atoms with van der Waals surface area (Å²) in [5.74, 6) is 1.46. The molecule has 1 aromatic carbocycles. The Bertz CT molecular complexity index is 1170. The van der Waals surface area contributed by atoms with Crippen LogP contribution in [0.15, 0.2) is 60.7 Å². The predicted molar refractivity (Wildman–Crippen MR) is 216 cm³/mol. The highest BCUT2D eigenvalue weighted by Crippen LogP contribution is 2.42. The largest absolute Gasteiger partial charge is 0.497 e. The molecule has 0 aliphatic carbocycles. The Labute approximate surface area is 305 Å². The Morgan fingerprint density at radius 2 is 1.33 bits per heavy atom. The van der Waals surface area contributed by atoms with Gasteiger partial charge >= 0.3 is 0 Å². The summed E-state index contributed by atoms with van der Waals surface area (Å²) in [6, 6.07) is 8.07. The number of methoxy groups -OCH3 is 1. The van der Waals surface area contributed by atoms with Crippen molar-refractivity contribution in [3.8, 4) is 5.75 Å². The molecule has 0 aromatic heterocycles. The van der Waals surface area contributed by atoms with Gasteiger partial charge in [-0.3, -0.25) is 0 Å². The number of benzene rings is 1. The van der Waals surface area contributed by atoms with Crippen LogP contribution in [-0.2, 0) is 20.2 Å². The smallest absolute Gasteiger partial charge is 0.192 e.